The van der Waals surface area contributed by atoms with E-state index in [1.165, 1.54) is 0 Å². The maximum atomic E-state index is 9.46. The Morgan fingerprint density at radius 2 is 1.90 bits per heavy atom. The second-order valence-corrected chi connectivity index (χ2v) is 5.57. The van der Waals surface area contributed by atoms with Crippen molar-refractivity contribution in [3.05, 3.63) is 66.0 Å². The first-order chi connectivity index (χ1) is 10.3. The first-order valence-corrected chi connectivity index (χ1v) is 7.50. The molecule has 0 unspecified atom stereocenters. The number of thioether (sulfide) groups is 1. The molecule has 0 saturated heterocycles. The fraction of sp³-hybridized carbons (Fsp3) is 0.133. The molecule has 5 nitrogen and oxygen atoms in total. The molecule has 0 saturated carbocycles. The Morgan fingerprint density at radius 1 is 1.05 bits per heavy atom. The zero-order valence-corrected chi connectivity index (χ0v) is 12.1. The Labute approximate surface area is 126 Å². The molecule has 1 N–H and O–H groups in total. The van der Waals surface area contributed by atoms with Crippen molar-refractivity contribution in [1.82, 2.24) is 20.2 Å². The molecule has 1 aromatic heterocycles. The van der Waals surface area contributed by atoms with Gasteiger partial charge in [0.2, 0.25) is 0 Å². The molecule has 0 atom stereocenters. The lowest BCUT2D eigenvalue weighted by molar-refractivity contribution is 0.474. The predicted octanol–water partition coefficient (Wildman–Crippen LogP) is 2.72. The quantitative estimate of drug-likeness (QED) is 0.734. The van der Waals surface area contributed by atoms with Gasteiger partial charge in [0.25, 0.3) is 0 Å². The zero-order valence-electron chi connectivity index (χ0n) is 11.3. The first kappa shape index (κ1) is 13.6. The molecule has 0 aliphatic rings. The summed E-state index contributed by atoms with van der Waals surface area (Å²) in [6.07, 6.45) is 0. The van der Waals surface area contributed by atoms with Crippen LogP contribution in [0.2, 0.25) is 0 Å². The lowest BCUT2D eigenvalue weighted by atomic mass is 10.2. The molecule has 3 aromatic rings. The molecule has 21 heavy (non-hydrogen) atoms. The van der Waals surface area contributed by atoms with E-state index in [9.17, 15) is 5.11 Å². The summed E-state index contributed by atoms with van der Waals surface area (Å²) in [6.45, 7) is 0.657. The zero-order chi connectivity index (χ0) is 14.5. The molecule has 1 heterocycles. The SMILES string of the molecule is Oc1cccc(SCc2nnnn2Cc2ccccc2)c1. The third-order valence-corrected chi connectivity index (χ3v) is 3.96. The van der Waals surface area contributed by atoms with Crippen LogP contribution in [0.3, 0.4) is 0 Å². The van der Waals surface area contributed by atoms with Crippen LogP contribution in [0.4, 0.5) is 0 Å². The second kappa shape index (κ2) is 6.41. The monoisotopic (exact) mass is 298 g/mol. The van der Waals surface area contributed by atoms with Gasteiger partial charge in [0, 0.05) is 4.90 Å². The van der Waals surface area contributed by atoms with Crippen LogP contribution >= 0.6 is 11.8 Å². The highest BCUT2D eigenvalue weighted by molar-refractivity contribution is 7.98. The molecule has 0 aliphatic heterocycles. The summed E-state index contributed by atoms with van der Waals surface area (Å²) >= 11 is 1.59. The van der Waals surface area contributed by atoms with Gasteiger partial charge in [0.1, 0.15) is 5.75 Å². The average molecular weight is 298 g/mol. The van der Waals surface area contributed by atoms with Gasteiger partial charge >= 0.3 is 0 Å². The van der Waals surface area contributed by atoms with Crippen molar-refractivity contribution in [3.63, 3.8) is 0 Å². The van der Waals surface area contributed by atoms with Crippen LogP contribution in [0.15, 0.2) is 59.5 Å². The summed E-state index contributed by atoms with van der Waals surface area (Å²) < 4.78 is 1.80. The maximum Gasteiger partial charge on any atom is 0.161 e. The molecule has 0 bridgehead atoms. The molecule has 2 aromatic carbocycles. The van der Waals surface area contributed by atoms with Gasteiger partial charge < -0.3 is 5.11 Å². The lowest BCUT2D eigenvalue weighted by Gasteiger charge is -2.05. The lowest BCUT2D eigenvalue weighted by Crippen LogP contribution is -2.06. The number of rotatable bonds is 5. The van der Waals surface area contributed by atoms with E-state index in [4.69, 9.17) is 0 Å². The van der Waals surface area contributed by atoms with Gasteiger partial charge in [0.15, 0.2) is 5.82 Å². The van der Waals surface area contributed by atoms with E-state index < -0.39 is 0 Å². The third-order valence-electron chi connectivity index (χ3n) is 2.97. The van der Waals surface area contributed by atoms with Crippen LogP contribution in [0, 0.1) is 0 Å². The standard InChI is InChI=1S/C15H14N4OS/c20-13-7-4-8-14(9-13)21-11-15-16-17-18-19(15)10-12-5-2-1-3-6-12/h1-9,20H,10-11H2. The van der Waals surface area contributed by atoms with Crippen molar-refractivity contribution < 1.29 is 5.11 Å². The number of phenolic OH excluding ortho intramolecular Hbond substituents is 1. The number of aromatic nitrogens is 4. The number of benzene rings is 2. The Bertz CT molecular complexity index is 714. The summed E-state index contributed by atoms with van der Waals surface area (Å²) in [5.74, 6) is 1.74. The van der Waals surface area contributed by atoms with E-state index in [-0.39, 0.29) is 5.75 Å². The van der Waals surface area contributed by atoms with Crippen molar-refractivity contribution in [2.75, 3.05) is 0 Å². The highest BCUT2D eigenvalue weighted by atomic mass is 32.2. The Hall–Kier alpha value is -2.34. The number of hydrogen-bond acceptors (Lipinski definition) is 5. The van der Waals surface area contributed by atoms with Gasteiger partial charge in [-0.15, -0.1) is 16.9 Å². The molecule has 0 aliphatic carbocycles. The van der Waals surface area contributed by atoms with Crippen molar-refractivity contribution in [2.24, 2.45) is 0 Å². The van der Waals surface area contributed by atoms with Crippen LogP contribution in [0.25, 0.3) is 0 Å². The minimum Gasteiger partial charge on any atom is -0.508 e. The number of tetrazole rings is 1. The van der Waals surface area contributed by atoms with Gasteiger partial charge in [-0.05, 0) is 34.2 Å². The van der Waals surface area contributed by atoms with E-state index in [0.29, 0.717) is 12.3 Å². The topological polar surface area (TPSA) is 63.8 Å². The van der Waals surface area contributed by atoms with E-state index in [1.54, 1.807) is 28.6 Å². The van der Waals surface area contributed by atoms with E-state index in [1.807, 2.05) is 42.5 Å². The maximum absolute atomic E-state index is 9.46. The van der Waals surface area contributed by atoms with Crippen molar-refractivity contribution in [1.29, 1.82) is 0 Å². The second-order valence-electron chi connectivity index (χ2n) is 4.52. The van der Waals surface area contributed by atoms with Gasteiger partial charge in [0.05, 0.1) is 12.3 Å². The number of nitrogens with zero attached hydrogens (tertiary/aromatic N) is 4. The average Bonchev–Trinajstić information content (AvgIpc) is 2.93. The highest BCUT2D eigenvalue weighted by Gasteiger charge is 2.07. The molecule has 0 radical (unpaired) electrons. The van der Waals surface area contributed by atoms with Crippen LogP contribution < -0.4 is 0 Å². The Kier molecular flexibility index (Phi) is 4.16. The number of phenols is 1. The molecule has 6 heteroatoms. The fourth-order valence-electron chi connectivity index (χ4n) is 1.93. The summed E-state index contributed by atoms with van der Waals surface area (Å²) in [6, 6.07) is 17.3. The van der Waals surface area contributed by atoms with Crippen LogP contribution in [0.5, 0.6) is 5.75 Å². The Morgan fingerprint density at radius 3 is 2.71 bits per heavy atom. The first-order valence-electron chi connectivity index (χ1n) is 6.52. The molecule has 0 spiro atoms. The largest absolute Gasteiger partial charge is 0.508 e. The van der Waals surface area contributed by atoms with Gasteiger partial charge in [-0.25, -0.2) is 4.68 Å². The van der Waals surface area contributed by atoms with E-state index >= 15 is 0 Å². The number of aromatic hydroxyl groups is 1. The van der Waals surface area contributed by atoms with Gasteiger partial charge in [-0.3, -0.25) is 0 Å². The van der Waals surface area contributed by atoms with E-state index in [2.05, 4.69) is 15.5 Å². The van der Waals surface area contributed by atoms with Crippen molar-refractivity contribution >= 4 is 11.8 Å². The fourth-order valence-corrected chi connectivity index (χ4v) is 2.81. The summed E-state index contributed by atoms with van der Waals surface area (Å²) in [4.78, 5) is 0.990. The highest BCUT2D eigenvalue weighted by Crippen LogP contribution is 2.24. The smallest absolute Gasteiger partial charge is 0.161 e. The predicted molar refractivity (Wildman–Crippen MR) is 81.0 cm³/mol. The Balaban J connectivity index is 1.68. The summed E-state index contributed by atoms with van der Waals surface area (Å²) in [5, 5.41) is 21.3. The minimum absolute atomic E-state index is 0.267. The minimum atomic E-state index is 0.267. The van der Waals surface area contributed by atoms with Crippen molar-refractivity contribution in [2.45, 2.75) is 17.2 Å². The normalized spacial score (nSPS) is 10.7. The van der Waals surface area contributed by atoms with Crippen LogP contribution in [0.1, 0.15) is 11.4 Å². The number of hydrogen-bond donors (Lipinski definition) is 1. The molecular weight excluding hydrogens is 284 g/mol. The van der Waals surface area contributed by atoms with Crippen LogP contribution in [-0.2, 0) is 12.3 Å². The molecular formula is C15H14N4OS. The van der Waals surface area contributed by atoms with Gasteiger partial charge in [-0.2, -0.15) is 0 Å². The summed E-state index contributed by atoms with van der Waals surface area (Å²) in [7, 11) is 0. The molecule has 0 amide bonds. The van der Waals surface area contributed by atoms with Crippen molar-refractivity contribution in [3.8, 4) is 5.75 Å². The van der Waals surface area contributed by atoms with Crippen LogP contribution in [-0.4, -0.2) is 25.3 Å². The summed E-state index contributed by atoms with van der Waals surface area (Å²) in [5.41, 5.74) is 1.16. The molecule has 0 fully saturated rings. The molecule has 3 rings (SSSR count). The van der Waals surface area contributed by atoms with Gasteiger partial charge in [-0.1, -0.05) is 36.4 Å². The van der Waals surface area contributed by atoms with E-state index in [0.717, 1.165) is 16.3 Å². The molecule has 106 valence electrons. The third kappa shape index (κ3) is 3.61.